The summed E-state index contributed by atoms with van der Waals surface area (Å²) in [7, 11) is 1.73. The maximum Gasteiger partial charge on any atom is 0.328 e. The molecule has 1 aliphatic carbocycles. The van der Waals surface area contributed by atoms with Crippen molar-refractivity contribution in [2.24, 2.45) is 0 Å². The second-order valence-corrected chi connectivity index (χ2v) is 8.84. The van der Waals surface area contributed by atoms with Gasteiger partial charge >= 0.3 is 6.03 Å². The average Bonchev–Trinajstić information content (AvgIpc) is 3.45. The summed E-state index contributed by atoms with van der Waals surface area (Å²) < 4.78 is 27.2. The molecule has 1 saturated carbocycles. The summed E-state index contributed by atoms with van der Waals surface area (Å²) >= 11 is 0. The molecule has 0 radical (unpaired) electrons. The van der Waals surface area contributed by atoms with Crippen LogP contribution in [0, 0.1) is 0 Å². The minimum Gasteiger partial charge on any atom is -0.378 e. The number of carbonyl (C=O) groups excluding carboxylic acids is 1. The van der Waals surface area contributed by atoms with Crippen LogP contribution in [0.3, 0.4) is 0 Å². The Morgan fingerprint density at radius 2 is 2.03 bits per heavy atom. The standard InChI is InChI=1S/C22H26FN9O3/c1-24-19-18-20-30-21(29-19)27-13-8-14(26-17(9-13)31-2-4-34-5-3-31)10-35-16-7-12(23)6-15(16)28-22(33)32(20)11-25-18/h8-9,11-12,15-16H,2-7,10H2,1H3,(H,28,33)(H2,24,27,29,30). The lowest BCUT2D eigenvalue weighted by molar-refractivity contribution is 0.0257. The van der Waals surface area contributed by atoms with Gasteiger partial charge < -0.3 is 30.3 Å². The van der Waals surface area contributed by atoms with E-state index in [4.69, 9.17) is 14.5 Å². The molecule has 3 aromatic rings. The first-order valence-corrected chi connectivity index (χ1v) is 11.7. The molecule has 0 spiro atoms. The molecule has 2 aliphatic heterocycles. The van der Waals surface area contributed by atoms with Crippen molar-refractivity contribution in [2.45, 2.75) is 37.8 Å². The second-order valence-electron chi connectivity index (χ2n) is 8.84. The summed E-state index contributed by atoms with van der Waals surface area (Å²) in [4.78, 5) is 33.5. The monoisotopic (exact) mass is 483 g/mol. The summed E-state index contributed by atoms with van der Waals surface area (Å²) in [6.45, 7) is 2.88. The Labute approximate surface area is 200 Å². The van der Waals surface area contributed by atoms with Crippen LogP contribution in [0.5, 0.6) is 0 Å². The zero-order valence-corrected chi connectivity index (χ0v) is 19.2. The van der Waals surface area contributed by atoms with E-state index in [1.807, 2.05) is 12.1 Å². The Bertz CT molecular complexity index is 1260. The zero-order chi connectivity index (χ0) is 23.9. The third-order valence-corrected chi connectivity index (χ3v) is 6.51. The molecule has 2 fully saturated rings. The molecule has 3 unspecified atom stereocenters. The van der Waals surface area contributed by atoms with E-state index in [0.29, 0.717) is 41.8 Å². The summed E-state index contributed by atoms with van der Waals surface area (Å²) in [5.74, 6) is 1.55. The van der Waals surface area contributed by atoms with Gasteiger partial charge in [0.15, 0.2) is 17.0 Å². The first-order chi connectivity index (χ1) is 17.1. The highest BCUT2D eigenvalue weighted by Crippen LogP contribution is 2.29. The van der Waals surface area contributed by atoms with E-state index in [1.165, 1.54) is 10.9 Å². The van der Waals surface area contributed by atoms with E-state index in [9.17, 15) is 9.18 Å². The fourth-order valence-corrected chi connectivity index (χ4v) is 4.78. The predicted octanol–water partition coefficient (Wildman–Crippen LogP) is 1.80. The number of morpholine rings is 1. The Kier molecular flexibility index (Phi) is 5.57. The fraction of sp³-hybridized carbons (Fsp3) is 0.500. The molecule has 184 valence electrons. The van der Waals surface area contributed by atoms with Crippen molar-refractivity contribution in [2.75, 3.05) is 48.9 Å². The summed E-state index contributed by atoms with van der Waals surface area (Å²) in [6, 6.07) is 2.86. The molecule has 35 heavy (non-hydrogen) atoms. The molecular formula is C22H26FN9O3. The van der Waals surface area contributed by atoms with E-state index < -0.39 is 24.3 Å². The van der Waals surface area contributed by atoms with Gasteiger partial charge in [-0.3, -0.25) is 0 Å². The summed E-state index contributed by atoms with van der Waals surface area (Å²) in [6.07, 6.45) is 0.244. The van der Waals surface area contributed by atoms with Crippen LogP contribution in [-0.4, -0.2) is 82.2 Å². The van der Waals surface area contributed by atoms with Crippen molar-refractivity contribution in [1.82, 2.24) is 29.8 Å². The molecule has 3 aliphatic rings. The van der Waals surface area contributed by atoms with Crippen LogP contribution in [0.2, 0.25) is 0 Å². The SMILES string of the molecule is CNc1nc2nc3c1ncn3C(=O)NC1CC(F)CC1OCc1cc(cc(N3CCOCC3)n1)N2. The molecule has 5 heterocycles. The van der Waals surface area contributed by atoms with E-state index in [0.717, 1.165) is 24.6 Å². The van der Waals surface area contributed by atoms with Crippen molar-refractivity contribution in [3.8, 4) is 0 Å². The van der Waals surface area contributed by atoms with Gasteiger partial charge in [0.1, 0.15) is 18.3 Å². The maximum absolute atomic E-state index is 14.4. The van der Waals surface area contributed by atoms with Gasteiger partial charge in [0, 0.05) is 44.7 Å². The number of imidazole rings is 1. The van der Waals surface area contributed by atoms with Gasteiger partial charge in [-0.2, -0.15) is 9.97 Å². The Morgan fingerprint density at radius 3 is 2.86 bits per heavy atom. The Balaban J connectivity index is 1.46. The number of pyridine rings is 1. The Morgan fingerprint density at radius 1 is 1.17 bits per heavy atom. The normalized spacial score (nSPS) is 24.6. The Hall–Kier alpha value is -3.58. The number of amides is 1. The van der Waals surface area contributed by atoms with Gasteiger partial charge in [-0.15, -0.1) is 0 Å². The van der Waals surface area contributed by atoms with Crippen LogP contribution >= 0.6 is 0 Å². The lowest BCUT2D eigenvalue weighted by Crippen LogP contribution is -2.43. The molecule has 4 bridgehead atoms. The molecule has 3 atom stereocenters. The van der Waals surface area contributed by atoms with Crippen molar-refractivity contribution in [3.63, 3.8) is 0 Å². The quantitative estimate of drug-likeness (QED) is 0.496. The molecule has 3 aromatic heterocycles. The number of ether oxygens (including phenoxy) is 2. The van der Waals surface area contributed by atoms with E-state index >= 15 is 0 Å². The summed E-state index contributed by atoms with van der Waals surface area (Å²) in [5, 5.41) is 9.16. The number of anilines is 4. The van der Waals surface area contributed by atoms with Crippen molar-refractivity contribution in [1.29, 1.82) is 0 Å². The maximum atomic E-state index is 14.4. The smallest absolute Gasteiger partial charge is 0.328 e. The molecule has 1 saturated heterocycles. The molecule has 12 nitrogen and oxygen atoms in total. The van der Waals surface area contributed by atoms with Gasteiger partial charge in [0.05, 0.1) is 37.7 Å². The average molecular weight is 484 g/mol. The van der Waals surface area contributed by atoms with Crippen LogP contribution in [0.1, 0.15) is 18.5 Å². The number of hydrogen-bond acceptors (Lipinski definition) is 10. The van der Waals surface area contributed by atoms with Crippen molar-refractivity contribution in [3.05, 3.63) is 24.2 Å². The number of nitrogens with one attached hydrogen (secondary N) is 3. The van der Waals surface area contributed by atoms with Crippen LogP contribution in [0.25, 0.3) is 11.2 Å². The topological polar surface area (TPSA) is 131 Å². The number of carbonyl (C=O) groups is 1. The molecule has 13 heteroatoms. The third-order valence-electron chi connectivity index (χ3n) is 6.51. The summed E-state index contributed by atoms with van der Waals surface area (Å²) in [5.41, 5.74) is 2.19. The number of aromatic nitrogens is 5. The number of rotatable bonds is 2. The van der Waals surface area contributed by atoms with E-state index in [2.05, 4.69) is 35.8 Å². The predicted molar refractivity (Wildman–Crippen MR) is 126 cm³/mol. The highest BCUT2D eigenvalue weighted by Gasteiger charge is 2.37. The lowest BCUT2D eigenvalue weighted by Gasteiger charge is -2.29. The molecule has 1 amide bonds. The largest absolute Gasteiger partial charge is 0.378 e. The zero-order valence-electron chi connectivity index (χ0n) is 19.2. The van der Waals surface area contributed by atoms with Crippen LogP contribution < -0.4 is 20.9 Å². The number of hydrogen-bond donors (Lipinski definition) is 3. The molecule has 6 rings (SSSR count). The van der Waals surface area contributed by atoms with E-state index in [-0.39, 0.29) is 19.4 Å². The number of nitrogens with zero attached hydrogens (tertiary/aromatic N) is 6. The van der Waals surface area contributed by atoms with Crippen LogP contribution in [-0.2, 0) is 16.1 Å². The number of alkyl halides is 1. The van der Waals surface area contributed by atoms with Crippen LogP contribution in [0.15, 0.2) is 18.5 Å². The van der Waals surface area contributed by atoms with Crippen molar-refractivity contribution >= 4 is 40.5 Å². The highest BCUT2D eigenvalue weighted by molar-refractivity contribution is 5.92. The van der Waals surface area contributed by atoms with Crippen LogP contribution in [0.4, 0.5) is 32.5 Å². The van der Waals surface area contributed by atoms with Gasteiger partial charge in [-0.1, -0.05) is 0 Å². The third kappa shape index (κ3) is 4.21. The van der Waals surface area contributed by atoms with Gasteiger partial charge in [-0.05, 0) is 6.07 Å². The molecule has 3 N–H and O–H groups in total. The van der Waals surface area contributed by atoms with Gasteiger partial charge in [0.25, 0.3) is 0 Å². The first kappa shape index (κ1) is 21.9. The number of fused-ring (bicyclic) bond motifs is 4. The molecule has 0 aromatic carbocycles. The highest BCUT2D eigenvalue weighted by atomic mass is 19.1. The minimum atomic E-state index is -1.06. The van der Waals surface area contributed by atoms with E-state index in [1.54, 1.807) is 7.05 Å². The molecular weight excluding hydrogens is 457 g/mol. The van der Waals surface area contributed by atoms with Gasteiger partial charge in [0.2, 0.25) is 5.95 Å². The fourth-order valence-electron chi connectivity index (χ4n) is 4.78. The second kappa shape index (κ2) is 8.89. The minimum absolute atomic E-state index is 0.175. The first-order valence-electron chi connectivity index (χ1n) is 11.7. The lowest BCUT2D eigenvalue weighted by atomic mass is 10.2. The number of halogens is 1. The van der Waals surface area contributed by atoms with Gasteiger partial charge in [-0.25, -0.2) is 23.7 Å². The van der Waals surface area contributed by atoms with Crippen molar-refractivity contribution < 1.29 is 18.7 Å².